The minimum Gasteiger partial charge on any atom is -0.508 e. The number of benzene rings is 2. The fourth-order valence-corrected chi connectivity index (χ4v) is 2.84. The summed E-state index contributed by atoms with van der Waals surface area (Å²) in [5.74, 6) is -1.54. The van der Waals surface area contributed by atoms with E-state index >= 15 is 0 Å². The van der Waals surface area contributed by atoms with Gasteiger partial charge in [0, 0.05) is 5.69 Å². The van der Waals surface area contributed by atoms with E-state index in [1.165, 1.54) is 42.5 Å². The molecule has 0 aliphatic carbocycles. The number of phenolic OH excluding ortho intramolecular Hbond substituents is 1. The lowest BCUT2D eigenvalue weighted by molar-refractivity contribution is -0.119. The van der Waals surface area contributed by atoms with Crippen molar-refractivity contribution in [3.63, 3.8) is 0 Å². The summed E-state index contributed by atoms with van der Waals surface area (Å²) in [5, 5.41) is 16.8. The van der Waals surface area contributed by atoms with E-state index in [2.05, 4.69) is 5.32 Å². The van der Waals surface area contributed by atoms with Gasteiger partial charge < -0.3 is 15.2 Å². The molecule has 0 heterocycles. The quantitative estimate of drug-likeness (QED) is 0.681. The second-order valence-corrected chi connectivity index (χ2v) is 6.73. The number of primary sulfonamides is 1. The van der Waals surface area contributed by atoms with E-state index < -0.39 is 28.5 Å². The van der Waals surface area contributed by atoms with Gasteiger partial charge in [-0.3, -0.25) is 4.79 Å². The Labute approximate surface area is 144 Å². The zero-order valence-electron chi connectivity index (χ0n) is 13.2. The van der Waals surface area contributed by atoms with Crippen molar-refractivity contribution in [3.8, 4) is 5.75 Å². The van der Waals surface area contributed by atoms with E-state index in [4.69, 9.17) is 9.88 Å². The number of amides is 1. The van der Waals surface area contributed by atoms with Crippen LogP contribution in [0.5, 0.6) is 5.75 Å². The van der Waals surface area contributed by atoms with Gasteiger partial charge in [-0.2, -0.15) is 0 Å². The third-order valence-corrected chi connectivity index (χ3v) is 4.25. The van der Waals surface area contributed by atoms with Crippen molar-refractivity contribution in [3.05, 3.63) is 53.6 Å². The lowest BCUT2D eigenvalue weighted by atomic mass is 10.2. The molecule has 25 heavy (non-hydrogen) atoms. The van der Waals surface area contributed by atoms with Crippen LogP contribution in [0.15, 0.2) is 47.4 Å². The molecule has 132 valence electrons. The highest BCUT2D eigenvalue weighted by Gasteiger charge is 2.14. The fraction of sp³-hybridized carbons (Fsp3) is 0.125. The van der Waals surface area contributed by atoms with Crippen LogP contribution in [0.1, 0.15) is 15.9 Å². The number of aromatic hydroxyl groups is 1. The maximum atomic E-state index is 11.8. The number of phenols is 1. The van der Waals surface area contributed by atoms with Crippen LogP contribution in [0, 0.1) is 6.92 Å². The molecule has 8 nitrogen and oxygen atoms in total. The van der Waals surface area contributed by atoms with Crippen LogP contribution in [-0.4, -0.2) is 32.0 Å². The molecule has 0 saturated heterocycles. The molecular formula is C16H16N2O6S. The number of nitrogens with one attached hydrogen (secondary N) is 1. The third-order valence-electron chi connectivity index (χ3n) is 3.19. The molecule has 0 aliphatic heterocycles. The second-order valence-electron chi connectivity index (χ2n) is 5.20. The van der Waals surface area contributed by atoms with Gasteiger partial charge in [0.25, 0.3) is 5.91 Å². The summed E-state index contributed by atoms with van der Waals surface area (Å²) in [4.78, 5) is 23.5. The van der Waals surface area contributed by atoms with E-state index in [-0.39, 0.29) is 21.9 Å². The van der Waals surface area contributed by atoms with Crippen LogP contribution in [0.2, 0.25) is 0 Å². The summed E-state index contributed by atoms with van der Waals surface area (Å²) in [5.41, 5.74) is 0.739. The molecule has 0 fully saturated rings. The minimum absolute atomic E-state index is 0.0969. The van der Waals surface area contributed by atoms with E-state index in [9.17, 15) is 23.1 Å². The Hall–Kier alpha value is -2.91. The van der Waals surface area contributed by atoms with Gasteiger partial charge in [-0.15, -0.1) is 0 Å². The van der Waals surface area contributed by atoms with Gasteiger partial charge in [-0.1, -0.05) is 12.1 Å². The van der Waals surface area contributed by atoms with Crippen LogP contribution in [0.4, 0.5) is 5.69 Å². The number of rotatable bonds is 5. The first kappa shape index (κ1) is 18.4. The lowest BCUT2D eigenvalue weighted by Gasteiger charge is -2.09. The number of esters is 1. The van der Waals surface area contributed by atoms with Gasteiger partial charge in [0.1, 0.15) is 5.75 Å². The molecule has 0 atom stereocenters. The molecule has 0 bridgehead atoms. The number of carbonyl (C=O) groups is 2. The molecule has 0 spiro atoms. The monoisotopic (exact) mass is 364 g/mol. The number of carbonyl (C=O) groups excluding carboxylic acids is 2. The van der Waals surface area contributed by atoms with Crippen molar-refractivity contribution in [1.29, 1.82) is 0 Å². The molecule has 0 unspecified atom stereocenters. The Kier molecular flexibility index (Phi) is 5.40. The summed E-state index contributed by atoms with van der Waals surface area (Å²) in [6.07, 6.45) is 0. The SMILES string of the molecule is Cc1ccc(NC(=O)COC(=O)c2cccc(O)c2)cc1S(N)(=O)=O. The first-order valence-electron chi connectivity index (χ1n) is 7.06. The Morgan fingerprint density at radius 2 is 1.92 bits per heavy atom. The van der Waals surface area contributed by atoms with Crippen LogP contribution >= 0.6 is 0 Å². The zero-order chi connectivity index (χ0) is 18.6. The third kappa shape index (κ3) is 5.03. The van der Waals surface area contributed by atoms with Crippen molar-refractivity contribution in [2.75, 3.05) is 11.9 Å². The smallest absolute Gasteiger partial charge is 0.338 e. The molecule has 0 saturated carbocycles. The number of nitrogens with two attached hydrogens (primary N) is 1. The number of ether oxygens (including phenoxy) is 1. The Morgan fingerprint density at radius 3 is 2.56 bits per heavy atom. The number of hydrogen-bond acceptors (Lipinski definition) is 6. The van der Waals surface area contributed by atoms with Crippen LogP contribution in [0.25, 0.3) is 0 Å². The molecular weight excluding hydrogens is 348 g/mol. The van der Waals surface area contributed by atoms with Gasteiger partial charge in [0.15, 0.2) is 6.61 Å². The maximum Gasteiger partial charge on any atom is 0.338 e. The van der Waals surface area contributed by atoms with Crippen molar-refractivity contribution < 1.29 is 27.9 Å². The summed E-state index contributed by atoms with van der Waals surface area (Å²) in [6, 6.07) is 9.71. The molecule has 9 heteroatoms. The molecule has 0 radical (unpaired) electrons. The molecule has 2 aromatic rings. The number of sulfonamides is 1. The van der Waals surface area contributed by atoms with E-state index in [0.29, 0.717) is 5.56 Å². The summed E-state index contributed by atoms with van der Waals surface area (Å²) < 4.78 is 27.8. The molecule has 0 aliphatic rings. The zero-order valence-corrected chi connectivity index (χ0v) is 14.0. The second kappa shape index (κ2) is 7.32. The van der Waals surface area contributed by atoms with Gasteiger partial charge >= 0.3 is 5.97 Å². The molecule has 1 amide bonds. The molecule has 4 N–H and O–H groups in total. The van der Waals surface area contributed by atoms with Crippen molar-refractivity contribution in [2.24, 2.45) is 5.14 Å². The largest absolute Gasteiger partial charge is 0.508 e. The number of hydrogen-bond donors (Lipinski definition) is 3. The van der Waals surface area contributed by atoms with E-state index in [1.807, 2.05) is 0 Å². The lowest BCUT2D eigenvalue weighted by Crippen LogP contribution is -2.21. The highest BCUT2D eigenvalue weighted by molar-refractivity contribution is 7.89. The van der Waals surface area contributed by atoms with Gasteiger partial charge in [-0.05, 0) is 42.8 Å². The van der Waals surface area contributed by atoms with E-state index in [1.54, 1.807) is 6.92 Å². The first-order chi connectivity index (χ1) is 11.7. The minimum atomic E-state index is -3.92. The maximum absolute atomic E-state index is 11.8. The average Bonchev–Trinajstić information content (AvgIpc) is 2.53. The highest BCUT2D eigenvalue weighted by Crippen LogP contribution is 2.19. The topological polar surface area (TPSA) is 136 Å². The fourth-order valence-electron chi connectivity index (χ4n) is 2.03. The summed E-state index contributed by atoms with van der Waals surface area (Å²) in [7, 11) is -3.92. The van der Waals surface area contributed by atoms with Crippen molar-refractivity contribution in [1.82, 2.24) is 0 Å². The highest BCUT2D eigenvalue weighted by atomic mass is 32.2. The number of anilines is 1. The van der Waals surface area contributed by atoms with Gasteiger partial charge in [0.05, 0.1) is 10.5 Å². The molecule has 2 rings (SSSR count). The van der Waals surface area contributed by atoms with Crippen LogP contribution in [0.3, 0.4) is 0 Å². The van der Waals surface area contributed by atoms with Crippen LogP contribution < -0.4 is 10.5 Å². The molecule has 2 aromatic carbocycles. The first-order valence-corrected chi connectivity index (χ1v) is 8.61. The van der Waals surface area contributed by atoms with Crippen LogP contribution in [-0.2, 0) is 19.6 Å². The Morgan fingerprint density at radius 1 is 1.20 bits per heavy atom. The summed E-state index contributed by atoms with van der Waals surface area (Å²) >= 11 is 0. The van der Waals surface area contributed by atoms with Crippen molar-refractivity contribution >= 4 is 27.6 Å². The van der Waals surface area contributed by atoms with E-state index in [0.717, 1.165) is 0 Å². The van der Waals surface area contributed by atoms with Gasteiger partial charge in [0.2, 0.25) is 10.0 Å². The Bertz CT molecular complexity index is 924. The standard InChI is InChI=1S/C16H16N2O6S/c1-10-5-6-12(8-14(10)25(17,22)23)18-15(20)9-24-16(21)11-3-2-4-13(19)7-11/h2-8,19H,9H2,1H3,(H,18,20)(H2,17,22,23). The van der Waals surface area contributed by atoms with Gasteiger partial charge in [-0.25, -0.2) is 18.4 Å². The van der Waals surface area contributed by atoms with Crippen molar-refractivity contribution in [2.45, 2.75) is 11.8 Å². The number of aryl methyl sites for hydroxylation is 1. The normalized spacial score (nSPS) is 11.0. The predicted molar refractivity (Wildman–Crippen MR) is 89.6 cm³/mol. The predicted octanol–water partition coefficient (Wildman–Crippen LogP) is 1.14. The Balaban J connectivity index is 2.00. The summed E-state index contributed by atoms with van der Waals surface area (Å²) in [6.45, 7) is 0.996. The molecule has 0 aromatic heterocycles. The average molecular weight is 364 g/mol.